The van der Waals surface area contributed by atoms with Crippen molar-refractivity contribution in [3.8, 4) is 0 Å². The molecule has 0 aliphatic rings. The molecule has 1 amide bonds. The van der Waals surface area contributed by atoms with Gasteiger partial charge in [-0.25, -0.2) is 18.1 Å². The lowest BCUT2D eigenvalue weighted by atomic mass is 10.3. The number of rotatable bonds is 3. The molecule has 1 heterocycles. The quantitative estimate of drug-likeness (QED) is 0.736. The number of benzene rings is 2. The molecule has 0 fully saturated rings. The predicted octanol–water partition coefficient (Wildman–Crippen LogP) is 1.70. The number of amides is 1. The number of fused-ring (bicyclic) bond motifs is 1. The zero-order valence-electron chi connectivity index (χ0n) is 12.0. The van der Waals surface area contributed by atoms with Gasteiger partial charge in [0, 0.05) is 5.02 Å². The number of aromatic amines is 1. The smallest absolute Gasteiger partial charge is 0.289 e. The van der Waals surface area contributed by atoms with E-state index in [9.17, 15) is 18.0 Å². The summed E-state index contributed by atoms with van der Waals surface area (Å²) < 4.78 is 26.1. The molecule has 0 unspecified atom stereocenters. The Labute approximate surface area is 141 Å². The SMILES string of the molecule is O=C(NS(=O)(=O)c1ccccc1)c1nc2ccc(Cl)cc2[nH]c1=O. The van der Waals surface area contributed by atoms with Crippen LogP contribution in [0.3, 0.4) is 0 Å². The van der Waals surface area contributed by atoms with Gasteiger partial charge in [0.25, 0.3) is 21.5 Å². The van der Waals surface area contributed by atoms with E-state index in [4.69, 9.17) is 11.6 Å². The second-order valence-corrected chi connectivity index (χ2v) is 6.94. The highest BCUT2D eigenvalue weighted by molar-refractivity contribution is 7.90. The van der Waals surface area contributed by atoms with Gasteiger partial charge in [0.2, 0.25) is 0 Å². The van der Waals surface area contributed by atoms with E-state index in [2.05, 4.69) is 9.97 Å². The Morgan fingerprint density at radius 2 is 1.83 bits per heavy atom. The molecule has 0 aliphatic carbocycles. The fraction of sp³-hybridized carbons (Fsp3) is 0. The Balaban J connectivity index is 1.99. The molecular formula is C15H10ClN3O4S. The van der Waals surface area contributed by atoms with Gasteiger partial charge < -0.3 is 4.98 Å². The van der Waals surface area contributed by atoms with E-state index in [0.717, 1.165) is 0 Å². The molecule has 3 aromatic rings. The number of sulfonamides is 1. The van der Waals surface area contributed by atoms with Crippen LogP contribution in [0.4, 0.5) is 0 Å². The molecule has 1 aromatic heterocycles. The maximum absolute atomic E-state index is 12.2. The first-order chi connectivity index (χ1) is 11.4. The lowest BCUT2D eigenvalue weighted by Crippen LogP contribution is -2.35. The number of hydrogen-bond donors (Lipinski definition) is 2. The molecule has 0 saturated heterocycles. The summed E-state index contributed by atoms with van der Waals surface area (Å²) in [5.41, 5.74) is -0.717. The van der Waals surface area contributed by atoms with Crippen molar-refractivity contribution in [2.45, 2.75) is 4.90 Å². The van der Waals surface area contributed by atoms with Crippen LogP contribution in [0.1, 0.15) is 10.5 Å². The summed E-state index contributed by atoms with van der Waals surface area (Å²) in [7, 11) is -4.10. The standard InChI is InChI=1S/C15H10ClN3O4S/c16-9-6-7-11-12(8-9)18-14(20)13(17-11)15(21)19-24(22,23)10-4-2-1-3-5-10/h1-8H,(H,18,20)(H,19,21). The molecule has 9 heteroatoms. The number of hydrogen-bond acceptors (Lipinski definition) is 5. The van der Waals surface area contributed by atoms with Crippen molar-refractivity contribution in [2.75, 3.05) is 0 Å². The molecule has 3 rings (SSSR count). The zero-order chi connectivity index (χ0) is 17.3. The Morgan fingerprint density at radius 3 is 2.54 bits per heavy atom. The van der Waals surface area contributed by atoms with Crippen molar-refractivity contribution in [3.05, 3.63) is 69.6 Å². The Hall–Kier alpha value is -2.71. The second-order valence-electron chi connectivity index (χ2n) is 4.82. The Morgan fingerprint density at radius 1 is 1.12 bits per heavy atom. The van der Waals surface area contributed by atoms with Gasteiger partial charge in [-0.3, -0.25) is 9.59 Å². The molecule has 7 nitrogen and oxygen atoms in total. The lowest BCUT2D eigenvalue weighted by molar-refractivity contribution is 0.0975. The van der Waals surface area contributed by atoms with Gasteiger partial charge in [-0.05, 0) is 30.3 Å². The van der Waals surface area contributed by atoms with Gasteiger partial charge in [-0.1, -0.05) is 29.8 Å². The van der Waals surface area contributed by atoms with Gasteiger partial charge in [0.1, 0.15) is 0 Å². The summed E-state index contributed by atoms with van der Waals surface area (Å²) in [6, 6.07) is 11.9. The Kier molecular flexibility index (Phi) is 4.08. The number of H-pyrrole nitrogens is 1. The number of halogens is 1. The first-order valence-electron chi connectivity index (χ1n) is 6.68. The Bertz CT molecular complexity index is 1090. The minimum atomic E-state index is -4.10. The molecule has 0 radical (unpaired) electrons. The highest BCUT2D eigenvalue weighted by Crippen LogP contribution is 2.15. The van der Waals surface area contributed by atoms with Crippen LogP contribution in [0.25, 0.3) is 11.0 Å². The van der Waals surface area contributed by atoms with Crippen LogP contribution in [0.15, 0.2) is 58.2 Å². The van der Waals surface area contributed by atoms with E-state index in [1.807, 2.05) is 4.72 Å². The minimum Gasteiger partial charge on any atom is -0.319 e. The number of aromatic nitrogens is 2. The lowest BCUT2D eigenvalue weighted by Gasteiger charge is -2.06. The molecule has 0 spiro atoms. The summed E-state index contributed by atoms with van der Waals surface area (Å²) in [5.74, 6) is -1.11. The van der Waals surface area contributed by atoms with E-state index in [1.54, 1.807) is 6.07 Å². The van der Waals surface area contributed by atoms with Gasteiger partial charge in [-0.2, -0.15) is 0 Å². The average Bonchev–Trinajstić information content (AvgIpc) is 2.54. The summed E-state index contributed by atoms with van der Waals surface area (Å²) in [6.07, 6.45) is 0. The fourth-order valence-electron chi connectivity index (χ4n) is 2.04. The predicted molar refractivity (Wildman–Crippen MR) is 88.5 cm³/mol. The third kappa shape index (κ3) is 3.15. The van der Waals surface area contributed by atoms with Crippen molar-refractivity contribution in [2.24, 2.45) is 0 Å². The average molecular weight is 364 g/mol. The van der Waals surface area contributed by atoms with Gasteiger partial charge >= 0.3 is 0 Å². The van der Waals surface area contributed by atoms with Crippen LogP contribution in [-0.2, 0) is 10.0 Å². The molecule has 2 aromatic carbocycles. The van der Waals surface area contributed by atoms with Gasteiger partial charge in [0.15, 0.2) is 5.69 Å². The van der Waals surface area contributed by atoms with E-state index >= 15 is 0 Å². The molecule has 122 valence electrons. The summed E-state index contributed by atoms with van der Waals surface area (Å²) in [4.78, 5) is 30.4. The third-order valence-electron chi connectivity index (χ3n) is 3.15. The van der Waals surface area contributed by atoms with Crippen LogP contribution in [0, 0.1) is 0 Å². The molecule has 0 saturated carbocycles. The summed E-state index contributed by atoms with van der Waals surface area (Å²) in [5, 5.41) is 0.392. The minimum absolute atomic E-state index is 0.0950. The van der Waals surface area contributed by atoms with Crippen LogP contribution < -0.4 is 10.3 Å². The molecule has 24 heavy (non-hydrogen) atoms. The molecular weight excluding hydrogens is 354 g/mol. The summed E-state index contributed by atoms with van der Waals surface area (Å²) >= 11 is 5.82. The number of carbonyl (C=O) groups is 1. The zero-order valence-corrected chi connectivity index (χ0v) is 13.6. The van der Waals surface area contributed by atoms with E-state index < -0.39 is 27.2 Å². The van der Waals surface area contributed by atoms with E-state index in [-0.39, 0.29) is 4.90 Å². The van der Waals surface area contributed by atoms with Crippen molar-refractivity contribution in [3.63, 3.8) is 0 Å². The maximum Gasteiger partial charge on any atom is 0.289 e. The molecule has 0 bridgehead atoms. The van der Waals surface area contributed by atoms with Gasteiger partial charge in [0.05, 0.1) is 15.9 Å². The molecule has 0 atom stereocenters. The monoisotopic (exact) mass is 363 g/mol. The normalized spacial score (nSPS) is 11.4. The molecule has 2 N–H and O–H groups in total. The van der Waals surface area contributed by atoms with Gasteiger partial charge in [-0.15, -0.1) is 0 Å². The topological polar surface area (TPSA) is 109 Å². The fourth-order valence-corrected chi connectivity index (χ4v) is 3.19. The number of nitrogens with zero attached hydrogens (tertiary/aromatic N) is 1. The van der Waals surface area contributed by atoms with Crippen LogP contribution in [0.2, 0.25) is 5.02 Å². The first-order valence-corrected chi connectivity index (χ1v) is 8.55. The third-order valence-corrected chi connectivity index (χ3v) is 4.73. The first kappa shape index (κ1) is 16.2. The van der Waals surface area contributed by atoms with E-state index in [1.165, 1.54) is 42.5 Å². The van der Waals surface area contributed by atoms with Crippen LogP contribution in [-0.4, -0.2) is 24.3 Å². The molecule has 0 aliphatic heterocycles. The van der Waals surface area contributed by atoms with Crippen molar-refractivity contribution < 1.29 is 13.2 Å². The van der Waals surface area contributed by atoms with Crippen LogP contribution >= 0.6 is 11.6 Å². The second kappa shape index (κ2) is 6.06. The largest absolute Gasteiger partial charge is 0.319 e. The van der Waals surface area contributed by atoms with Crippen molar-refractivity contribution >= 4 is 38.6 Å². The highest BCUT2D eigenvalue weighted by atomic mass is 35.5. The number of nitrogens with one attached hydrogen (secondary N) is 2. The van der Waals surface area contributed by atoms with E-state index in [0.29, 0.717) is 16.1 Å². The van der Waals surface area contributed by atoms with Crippen LogP contribution in [0.5, 0.6) is 0 Å². The van der Waals surface area contributed by atoms with Crippen molar-refractivity contribution in [1.29, 1.82) is 0 Å². The van der Waals surface area contributed by atoms with Crippen molar-refractivity contribution in [1.82, 2.24) is 14.7 Å². The highest BCUT2D eigenvalue weighted by Gasteiger charge is 2.22. The number of carbonyl (C=O) groups excluding carboxylic acids is 1. The summed E-state index contributed by atoms with van der Waals surface area (Å²) in [6.45, 7) is 0. The maximum atomic E-state index is 12.2.